The van der Waals surface area contributed by atoms with Gasteiger partial charge in [0.15, 0.2) is 0 Å². The van der Waals surface area contributed by atoms with E-state index in [0.717, 1.165) is 0 Å². The summed E-state index contributed by atoms with van der Waals surface area (Å²) in [5.41, 5.74) is 1.27. The zero-order valence-corrected chi connectivity index (χ0v) is 11.9. The quantitative estimate of drug-likeness (QED) is 0.776. The normalized spacial score (nSPS) is 19.9. The second-order valence-electron chi connectivity index (χ2n) is 4.98. The largest absolute Gasteiger partial charge is 0.349 e. The number of nitrogens with zero attached hydrogens (tertiary/aromatic N) is 4. The Morgan fingerprint density at radius 3 is 2.75 bits per heavy atom. The Morgan fingerprint density at radius 2 is 2.15 bits per heavy atom. The summed E-state index contributed by atoms with van der Waals surface area (Å²) in [7, 11) is 1.88. The third-order valence-corrected chi connectivity index (χ3v) is 3.57. The highest BCUT2D eigenvalue weighted by Crippen LogP contribution is 2.09. The molecule has 0 saturated carbocycles. The van der Waals surface area contributed by atoms with E-state index in [-0.39, 0.29) is 24.4 Å². The summed E-state index contributed by atoms with van der Waals surface area (Å²) in [6, 6.07) is -0.340. The lowest BCUT2D eigenvalue weighted by atomic mass is 10.1. The van der Waals surface area contributed by atoms with Gasteiger partial charge in [0.2, 0.25) is 11.8 Å². The molecule has 2 rings (SSSR count). The number of nitrogens with one attached hydrogen (secondary N) is 1. The van der Waals surface area contributed by atoms with Gasteiger partial charge in [0.25, 0.3) is 0 Å². The highest BCUT2D eigenvalue weighted by Gasteiger charge is 2.31. The molecule has 0 bridgehead atoms. The first kappa shape index (κ1) is 14.4. The Balaban J connectivity index is 1.93. The van der Waals surface area contributed by atoms with Gasteiger partial charge in [-0.25, -0.2) is 4.63 Å². The molecule has 2 heterocycles. The van der Waals surface area contributed by atoms with Crippen LogP contribution < -0.4 is 5.32 Å². The third-order valence-electron chi connectivity index (χ3n) is 3.57. The predicted octanol–water partition coefficient (Wildman–Crippen LogP) is -0.843. The summed E-state index contributed by atoms with van der Waals surface area (Å²) in [5, 5.41) is 10.2. The molecule has 1 N–H and O–H groups in total. The third kappa shape index (κ3) is 3.13. The fourth-order valence-corrected chi connectivity index (χ4v) is 2.14. The molecule has 20 heavy (non-hydrogen) atoms. The van der Waals surface area contributed by atoms with Crippen LogP contribution in [-0.2, 0) is 16.1 Å². The van der Waals surface area contributed by atoms with Crippen molar-refractivity contribution in [1.82, 2.24) is 25.4 Å². The van der Waals surface area contributed by atoms with Crippen molar-refractivity contribution in [2.24, 2.45) is 0 Å². The van der Waals surface area contributed by atoms with Crippen LogP contribution in [0.4, 0.5) is 0 Å². The first-order valence-corrected chi connectivity index (χ1v) is 6.50. The number of aromatic nitrogens is 2. The van der Waals surface area contributed by atoms with Crippen molar-refractivity contribution in [3.63, 3.8) is 0 Å². The number of hydrogen-bond acceptors (Lipinski definition) is 6. The Labute approximate surface area is 117 Å². The van der Waals surface area contributed by atoms with Gasteiger partial charge < -0.3 is 10.2 Å². The van der Waals surface area contributed by atoms with E-state index in [1.54, 1.807) is 11.8 Å². The van der Waals surface area contributed by atoms with Gasteiger partial charge in [-0.05, 0) is 14.0 Å². The average Bonchev–Trinajstić information content (AvgIpc) is 2.81. The van der Waals surface area contributed by atoms with Crippen molar-refractivity contribution in [3.05, 3.63) is 11.4 Å². The lowest BCUT2D eigenvalue weighted by molar-refractivity contribution is -0.135. The molecule has 1 atom stereocenters. The number of piperazine rings is 1. The zero-order chi connectivity index (χ0) is 14.7. The van der Waals surface area contributed by atoms with Gasteiger partial charge in [-0.3, -0.25) is 14.5 Å². The van der Waals surface area contributed by atoms with Crippen molar-refractivity contribution < 1.29 is 14.2 Å². The highest BCUT2D eigenvalue weighted by atomic mass is 16.6. The minimum Gasteiger partial charge on any atom is -0.349 e. The van der Waals surface area contributed by atoms with Crippen molar-refractivity contribution in [2.45, 2.75) is 26.4 Å². The first-order valence-electron chi connectivity index (χ1n) is 6.50. The number of hydrogen-bond donors (Lipinski definition) is 1. The van der Waals surface area contributed by atoms with E-state index in [1.807, 2.05) is 11.9 Å². The standard InChI is InChI=1S/C12H19N5O3/c1-8-10(15-20-14-8)6-13-12(19)11-7-17(9(2)18)5-4-16(11)3/h11H,4-7H2,1-3H3,(H,13,19)/t11-/m0/s1. The van der Waals surface area contributed by atoms with Crippen LogP contribution in [0.1, 0.15) is 18.3 Å². The molecule has 0 aromatic carbocycles. The predicted molar refractivity (Wildman–Crippen MR) is 69.6 cm³/mol. The van der Waals surface area contributed by atoms with Gasteiger partial charge in [0.05, 0.1) is 6.54 Å². The number of rotatable bonds is 3. The first-order chi connectivity index (χ1) is 9.49. The smallest absolute Gasteiger partial charge is 0.239 e. The van der Waals surface area contributed by atoms with E-state index in [0.29, 0.717) is 31.0 Å². The van der Waals surface area contributed by atoms with E-state index in [9.17, 15) is 9.59 Å². The zero-order valence-electron chi connectivity index (χ0n) is 11.9. The molecule has 110 valence electrons. The molecule has 0 spiro atoms. The maximum atomic E-state index is 12.2. The second-order valence-corrected chi connectivity index (χ2v) is 4.98. The van der Waals surface area contributed by atoms with Crippen molar-refractivity contribution in [2.75, 3.05) is 26.7 Å². The van der Waals surface area contributed by atoms with Crippen molar-refractivity contribution in [3.8, 4) is 0 Å². The maximum Gasteiger partial charge on any atom is 0.239 e. The molecule has 1 aromatic rings. The Hall–Kier alpha value is -1.96. The van der Waals surface area contributed by atoms with E-state index in [2.05, 4.69) is 20.3 Å². The van der Waals surface area contributed by atoms with Gasteiger partial charge >= 0.3 is 0 Å². The summed E-state index contributed by atoms with van der Waals surface area (Å²) in [6.07, 6.45) is 0. The van der Waals surface area contributed by atoms with E-state index < -0.39 is 0 Å². The SMILES string of the molecule is CC(=O)N1CCN(C)[C@H](C(=O)NCc2nonc2C)C1. The molecule has 1 aliphatic heterocycles. The molecule has 1 aromatic heterocycles. The number of carbonyl (C=O) groups is 2. The molecular formula is C12H19N5O3. The molecule has 1 aliphatic rings. The number of carbonyl (C=O) groups excluding carboxylic acids is 2. The average molecular weight is 281 g/mol. The molecule has 0 unspecified atom stereocenters. The van der Waals surface area contributed by atoms with Crippen LogP contribution in [0.15, 0.2) is 4.63 Å². The van der Waals surface area contributed by atoms with Gasteiger partial charge in [0, 0.05) is 26.6 Å². The summed E-state index contributed by atoms with van der Waals surface area (Å²) in [6.45, 7) is 5.31. The molecule has 0 radical (unpaired) electrons. The molecule has 1 saturated heterocycles. The fraction of sp³-hybridized carbons (Fsp3) is 0.667. The van der Waals surface area contributed by atoms with Crippen molar-refractivity contribution >= 4 is 11.8 Å². The summed E-state index contributed by atoms with van der Waals surface area (Å²) in [4.78, 5) is 27.3. The van der Waals surface area contributed by atoms with Crippen LogP contribution in [0.3, 0.4) is 0 Å². The van der Waals surface area contributed by atoms with Gasteiger partial charge in [-0.1, -0.05) is 10.3 Å². The van der Waals surface area contributed by atoms with Gasteiger partial charge in [-0.2, -0.15) is 0 Å². The lowest BCUT2D eigenvalue weighted by Crippen LogP contribution is -2.58. The van der Waals surface area contributed by atoms with Crippen LogP contribution in [0.25, 0.3) is 0 Å². The van der Waals surface area contributed by atoms with E-state index in [1.165, 1.54) is 6.92 Å². The number of aryl methyl sites for hydroxylation is 1. The van der Waals surface area contributed by atoms with Gasteiger partial charge in [0.1, 0.15) is 17.4 Å². The van der Waals surface area contributed by atoms with E-state index in [4.69, 9.17) is 0 Å². The van der Waals surface area contributed by atoms with Crippen LogP contribution in [-0.4, -0.2) is 64.7 Å². The Kier molecular flexibility index (Phi) is 4.33. The molecule has 1 fully saturated rings. The van der Waals surface area contributed by atoms with Crippen molar-refractivity contribution in [1.29, 1.82) is 0 Å². The van der Waals surface area contributed by atoms with Gasteiger partial charge in [-0.15, -0.1) is 0 Å². The van der Waals surface area contributed by atoms with Crippen LogP contribution in [0.5, 0.6) is 0 Å². The minimum atomic E-state index is -0.340. The monoisotopic (exact) mass is 281 g/mol. The lowest BCUT2D eigenvalue weighted by Gasteiger charge is -2.38. The fourth-order valence-electron chi connectivity index (χ4n) is 2.14. The summed E-state index contributed by atoms with van der Waals surface area (Å²) in [5.74, 6) is -0.131. The van der Waals surface area contributed by atoms with Crippen LogP contribution in [0.2, 0.25) is 0 Å². The van der Waals surface area contributed by atoms with Crippen LogP contribution in [0, 0.1) is 6.92 Å². The number of amides is 2. The molecule has 8 heteroatoms. The molecule has 8 nitrogen and oxygen atoms in total. The molecule has 2 amide bonds. The Morgan fingerprint density at radius 1 is 1.40 bits per heavy atom. The Bertz CT molecular complexity index is 501. The minimum absolute atomic E-state index is 0.00699. The van der Waals surface area contributed by atoms with Crippen LogP contribution >= 0.6 is 0 Å². The molecule has 0 aliphatic carbocycles. The maximum absolute atomic E-state index is 12.2. The summed E-state index contributed by atoms with van der Waals surface area (Å²) >= 11 is 0. The van der Waals surface area contributed by atoms with E-state index >= 15 is 0 Å². The summed E-state index contributed by atoms with van der Waals surface area (Å²) < 4.78 is 4.58. The second kappa shape index (κ2) is 6.00. The topological polar surface area (TPSA) is 91.6 Å². The number of likely N-dealkylation sites (N-methyl/N-ethyl adjacent to an activating group) is 1. The highest BCUT2D eigenvalue weighted by molar-refractivity contribution is 5.83. The molecular weight excluding hydrogens is 262 g/mol.